The highest BCUT2D eigenvalue weighted by Gasteiger charge is 2.34. The standard InChI is InChI=1S/C36H35Br3N2O2/c37-22-9-10-30-31(15-22)33-16-23(38)17-35(39)36(33)34(30)19-25(43)21-41-13-11-40(12-14-41)20-24(42)18-32-28-7-3-1-5-26(28)27-6-2-4-8-29(27)32/h1-10,15-17,24-25,32,34,42-43H,11-14,18-21H2/t24-,25+,34+/m1/s1. The number of rotatable bonds is 8. The van der Waals surface area contributed by atoms with E-state index in [0.29, 0.717) is 19.5 Å². The summed E-state index contributed by atoms with van der Waals surface area (Å²) in [5.74, 6) is 0.393. The molecule has 0 aromatic heterocycles. The van der Waals surface area contributed by atoms with E-state index in [9.17, 15) is 10.2 Å². The lowest BCUT2D eigenvalue weighted by molar-refractivity contribution is 0.0429. The van der Waals surface area contributed by atoms with Crippen molar-refractivity contribution in [2.45, 2.75) is 36.9 Å². The lowest BCUT2D eigenvalue weighted by atomic mass is 9.90. The van der Waals surface area contributed by atoms with E-state index in [-0.39, 0.29) is 17.9 Å². The highest BCUT2D eigenvalue weighted by Crippen LogP contribution is 2.51. The summed E-state index contributed by atoms with van der Waals surface area (Å²) in [5.41, 5.74) is 10.3. The van der Waals surface area contributed by atoms with Crippen LogP contribution in [0, 0.1) is 0 Å². The molecule has 43 heavy (non-hydrogen) atoms. The summed E-state index contributed by atoms with van der Waals surface area (Å²) < 4.78 is 3.19. The molecular formula is C36H35Br3N2O2. The summed E-state index contributed by atoms with van der Waals surface area (Å²) in [4.78, 5) is 4.77. The highest BCUT2D eigenvalue weighted by atomic mass is 79.9. The van der Waals surface area contributed by atoms with Gasteiger partial charge in [0.25, 0.3) is 0 Å². The number of fused-ring (bicyclic) bond motifs is 6. The fourth-order valence-electron chi connectivity index (χ4n) is 7.59. The fourth-order valence-corrected chi connectivity index (χ4v) is 9.45. The normalized spacial score (nSPS) is 19.5. The van der Waals surface area contributed by atoms with E-state index in [1.807, 2.05) is 0 Å². The number of β-amino-alcohol motifs (C(OH)–C–C–N with tert-alkyl or cyclic N) is 2. The van der Waals surface area contributed by atoms with Gasteiger partial charge in [-0.1, -0.05) is 102 Å². The van der Waals surface area contributed by atoms with E-state index in [1.54, 1.807) is 0 Å². The van der Waals surface area contributed by atoms with Crippen molar-refractivity contribution < 1.29 is 10.2 Å². The monoisotopic (exact) mass is 764 g/mol. The van der Waals surface area contributed by atoms with Gasteiger partial charge in [0.05, 0.1) is 12.2 Å². The van der Waals surface area contributed by atoms with Crippen LogP contribution < -0.4 is 0 Å². The fraction of sp³-hybridized carbons (Fsp3) is 0.333. The Morgan fingerprint density at radius 1 is 0.581 bits per heavy atom. The number of aliphatic hydroxyl groups excluding tert-OH is 2. The zero-order chi connectivity index (χ0) is 29.7. The summed E-state index contributed by atoms with van der Waals surface area (Å²) in [7, 11) is 0. The van der Waals surface area contributed by atoms with Crippen molar-refractivity contribution in [1.29, 1.82) is 0 Å². The summed E-state index contributed by atoms with van der Waals surface area (Å²) in [6.07, 6.45) is 0.607. The Hall–Kier alpha value is -1.84. The van der Waals surface area contributed by atoms with Crippen LogP contribution in [0.5, 0.6) is 0 Å². The molecule has 0 unspecified atom stereocenters. The molecule has 0 saturated carbocycles. The van der Waals surface area contributed by atoms with E-state index in [1.165, 1.54) is 44.5 Å². The van der Waals surface area contributed by atoms with Crippen molar-refractivity contribution in [3.05, 3.63) is 115 Å². The van der Waals surface area contributed by atoms with E-state index in [0.717, 1.165) is 46.0 Å². The second-order valence-electron chi connectivity index (χ2n) is 12.2. The zero-order valence-corrected chi connectivity index (χ0v) is 28.7. The van der Waals surface area contributed by atoms with Gasteiger partial charge in [0, 0.05) is 64.5 Å². The van der Waals surface area contributed by atoms with Gasteiger partial charge in [0.15, 0.2) is 0 Å². The maximum atomic E-state index is 11.3. The molecule has 3 atom stereocenters. The van der Waals surface area contributed by atoms with Gasteiger partial charge in [-0.2, -0.15) is 0 Å². The number of nitrogens with zero attached hydrogens (tertiary/aromatic N) is 2. The summed E-state index contributed by atoms with van der Waals surface area (Å²) in [6, 6.07) is 28.1. The maximum absolute atomic E-state index is 11.3. The summed E-state index contributed by atoms with van der Waals surface area (Å²) in [5, 5.41) is 22.5. The van der Waals surface area contributed by atoms with Gasteiger partial charge in [-0.3, -0.25) is 9.80 Å². The van der Waals surface area contributed by atoms with Gasteiger partial charge >= 0.3 is 0 Å². The Labute approximate surface area is 279 Å². The van der Waals surface area contributed by atoms with Gasteiger partial charge in [0.1, 0.15) is 0 Å². The van der Waals surface area contributed by atoms with Crippen molar-refractivity contribution in [1.82, 2.24) is 9.80 Å². The number of hydrogen-bond donors (Lipinski definition) is 2. The van der Waals surface area contributed by atoms with E-state index in [4.69, 9.17) is 0 Å². The maximum Gasteiger partial charge on any atom is 0.0676 e. The minimum atomic E-state index is -0.428. The molecular weight excluding hydrogens is 732 g/mol. The molecule has 1 heterocycles. The van der Waals surface area contributed by atoms with E-state index >= 15 is 0 Å². The summed E-state index contributed by atoms with van der Waals surface area (Å²) >= 11 is 11.1. The van der Waals surface area contributed by atoms with Crippen LogP contribution in [0.2, 0.25) is 0 Å². The quantitative estimate of drug-likeness (QED) is 0.191. The largest absolute Gasteiger partial charge is 0.392 e. The Morgan fingerprint density at radius 2 is 1.09 bits per heavy atom. The third kappa shape index (κ3) is 5.95. The second-order valence-corrected chi connectivity index (χ2v) is 14.9. The van der Waals surface area contributed by atoms with Crippen molar-refractivity contribution in [3.63, 3.8) is 0 Å². The third-order valence-corrected chi connectivity index (χ3v) is 11.1. The second kappa shape index (κ2) is 12.5. The molecule has 7 rings (SSSR count). The smallest absolute Gasteiger partial charge is 0.0676 e. The number of piperazine rings is 1. The molecule has 4 aromatic carbocycles. The first kappa shape index (κ1) is 29.8. The molecule has 4 aromatic rings. The van der Waals surface area contributed by atoms with Crippen LogP contribution in [0.25, 0.3) is 22.3 Å². The molecule has 1 saturated heterocycles. The predicted octanol–water partition coefficient (Wildman–Crippen LogP) is 8.02. The molecule has 0 bridgehead atoms. The molecule has 0 radical (unpaired) electrons. The zero-order valence-electron chi connectivity index (χ0n) is 23.9. The number of halogens is 3. The Balaban J connectivity index is 0.946. The first-order valence-corrected chi connectivity index (χ1v) is 17.5. The Morgan fingerprint density at radius 3 is 1.70 bits per heavy atom. The Bertz CT molecular complexity index is 1610. The SMILES string of the molecule is O[C@H](CC1c2ccccc2-c2ccccc21)CN1CCN(C[C@@H](O)C[C@H]2c3ccc(Br)cc3-c3cc(Br)cc(Br)c32)CC1. The topological polar surface area (TPSA) is 46.9 Å². The van der Waals surface area contributed by atoms with Gasteiger partial charge in [-0.15, -0.1) is 0 Å². The first-order chi connectivity index (χ1) is 20.9. The molecule has 222 valence electrons. The van der Waals surface area contributed by atoms with Crippen LogP contribution in [0.3, 0.4) is 0 Å². The molecule has 0 spiro atoms. The minimum Gasteiger partial charge on any atom is -0.392 e. The van der Waals surface area contributed by atoms with Gasteiger partial charge in [-0.25, -0.2) is 0 Å². The molecule has 2 N–H and O–H groups in total. The van der Waals surface area contributed by atoms with Crippen LogP contribution in [0.1, 0.15) is 46.9 Å². The molecule has 7 heteroatoms. The molecule has 1 fully saturated rings. The third-order valence-electron chi connectivity index (χ3n) is 9.50. The molecule has 3 aliphatic rings. The van der Waals surface area contributed by atoms with Gasteiger partial charge in [0.2, 0.25) is 0 Å². The molecule has 1 aliphatic heterocycles. The van der Waals surface area contributed by atoms with E-state index in [2.05, 4.69) is 136 Å². The molecule has 2 aliphatic carbocycles. The molecule has 0 amide bonds. The lowest BCUT2D eigenvalue weighted by Gasteiger charge is -2.37. The van der Waals surface area contributed by atoms with Crippen molar-refractivity contribution in [2.24, 2.45) is 0 Å². The highest BCUT2D eigenvalue weighted by molar-refractivity contribution is 9.11. The molecule has 4 nitrogen and oxygen atoms in total. The van der Waals surface area contributed by atoms with Crippen molar-refractivity contribution in [2.75, 3.05) is 39.3 Å². The van der Waals surface area contributed by atoms with E-state index < -0.39 is 6.10 Å². The van der Waals surface area contributed by atoms with Crippen LogP contribution in [-0.2, 0) is 0 Å². The van der Waals surface area contributed by atoms with Crippen molar-refractivity contribution in [3.8, 4) is 22.3 Å². The van der Waals surface area contributed by atoms with Crippen LogP contribution >= 0.6 is 47.8 Å². The van der Waals surface area contributed by atoms with Crippen LogP contribution in [0.15, 0.2) is 92.3 Å². The summed E-state index contributed by atoms with van der Waals surface area (Å²) in [6.45, 7) is 4.97. The van der Waals surface area contributed by atoms with Crippen LogP contribution in [0.4, 0.5) is 0 Å². The van der Waals surface area contributed by atoms with Gasteiger partial charge < -0.3 is 10.2 Å². The van der Waals surface area contributed by atoms with Gasteiger partial charge in [-0.05, 0) is 81.6 Å². The van der Waals surface area contributed by atoms with Crippen LogP contribution in [-0.4, -0.2) is 71.5 Å². The predicted molar refractivity (Wildman–Crippen MR) is 185 cm³/mol. The first-order valence-electron chi connectivity index (χ1n) is 15.1. The average Bonchev–Trinajstić information content (AvgIpc) is 3.46. The number of benzene rings is 4. The van der Waals surface area contributed by atoms with Crippen molar-refractivity contribution >= 4 is 47.8 Å². The Kier molecular flexibility index (Phi) is 8.68. The minimum absolute atomic E-state index is 0.151. The lowest BCUT2D eigenvalue weighted by Crippen LogP contribution is -2.50. The number of hydrogen-bond acceptors (Lipinski definition) is 4. The number of aliphatic hydroxyl groups is 2. The average molecular weight is 767 g/mol.